The van der Waals surface area contributed by atoms with Gasteiger partial charge in [0.1, 0.15) is 7.11 Å². The summed E-state index contributed by atoms with van der Waals surface area (Å²) in [4.78, 5) is 8.84. The van der Waals surface area contributed by atoms with Gasteiger partial charge in [0.05, 0.1) is 5.41 Å². The standard InChI is InChI=1S/C13H16N2O/c1-10-6-4-5-7-11(10)13(8-9-13)12(14-2)15-16-3/h4-7H,2,8-9H2,1,3H3/b15-12-. The number of hydrogen-bond acceptors (Lipinski definition) is 2. The molecular weight excluding hydrogens is 200 g/mol. The van der Waals surface area contributed by atoms with Crippen LogP contribution in [0, 0.1) is 6.92 Å². The van der Waals surface area contributed by atoms with E-state index in [9.17, 15) is 0 Å². The predicted molar refractivity (Wildman–Crippen MR) is 66.1 cm³/mol. The smallest absolute Gasteiger partial charge is 0.177 e. The highest BCUT2D eigenvalue weighted by atomic mass is 16.6. The average molecular weight is 216 g/mol. The fourth-order valence-corrected chi connectivity index (χ4v) is 2.20. The van der Waals surface area contributed by atoms with Crippen molar-refractivity contribution in [2.45, 2.75) is 25.2 Å². The van der Waals surface area contributed by atoms with E-state index in [-0.39, 0.29) is 5.41 Å². The zero-order valence-electron chi connectivity index (χ0n) is 9.73. The van der Waals surface area contributed by atoms with Gasteiger partial charge in [0.25, 0.3) is 0 Å². The summed E-state index contributed by atoms with van der Waals surface area (Å²) < 4.78 is 0. The SMILES string of the molecule is C=N/C(=N\OC)C1(c2ccccc2C)CC1. The zero-order chi connectivity index (χ0) is 11.6. The van der Waals surface area contributed by atoms with Crippen molar-refractivity contribution in [3.63, 3.8) is 0 Å². The molecule has 0 aliphatic heterocycles. The summed E-state index contributed by atoms with van der Waals surface area (Å²) in [6.07, 6.45) is 2.14. The van der Waals surface area contributed by atoms with E-state index in [1.54, 1.807) is 7.11 Å². The van der Waals surface area contributed by atoms with Crippen LogP contribution in [0.15, 0.2) is 34.4 Å². The molecule has 0 saturated heterocycles. The van der Waals surface area contributed by atoms with Gasteiger partial charge in [-0.1, -0.05) is 29.4 Å². The maximum atomic E-state index is 4.84. The number of hydrogen-bond donors (Lipinski definition) is 0. The molecule has 0 unspecified atom stereocenters. The Hall–Kier alpha value is -1.64. The monoisotopic (exact) mass is 216 g/mol. The van der Waals surface area contributed by atoms with E-state index in [1.807, 2.05) is 6.07 Å². The molecule has 0 radical (unpaired) electrons. The Morgan fingerprint density at radius 2 is 2.06 bits per heavy atom. The van der Waals surface area contributed by atoms with Crippen LogP contribution in [-0.4, -0.2) is 19.7 Å². The van der Waals surface area contributed by atoms with Crippen LogP contribution < -0.4 is 0 Å². The summed E-state index contributed by atoms with van der Waals surface area (Å²) >= 11 is 0. The van der Waals surface area contributed by atoms with Crippen LogP contribution in [0.5, 0.6) is 0 Å². The highest BCUT2D eigenvalue weighted by Gasteiger charge is 2.50. The molecule has 3 heteroatoms. The number of nitrogens with zero attached hydrogens (tertiary/aromatic N) is 2. The van der Waals surface area contributed by atoms with Crippen molar-refractivity contribution in [1.29, 1.82) is 0 Å². The molecule has 84 valence electrons. The van der Waals surface area contributed by atoms with Crippen molar-refractivity contribution in [2.24, 2.45) is 10.1 Å². The molecule has 0 spiro atoms. The van der Waals surface area contributed by atoms with Gasteiger partial charge in [-0.15, -0.1) is 0 Å². The zero-order valence-corrected chi connectivity index (χ0v) is 9.73. The number of aryl methyl sites for hydroxylation is 1. The number of aliphatic imine (C=N–C) groups is 1. The lowest BCUT2D eigenvalue weighted by atomic mass is 9.91. The van der Waals surface area contributed by atoms with E-state index in [4.69, 9.17) is 4.84 Å². The minimum atomic E-state index is -0.0525. The van der Waals surface area contributed by atoms with Crippen LogP contribution in [0.3, 0.4) is 0 Å². The van der Waals surface area contributed by atoms with Crippen molar-refractivity contribution < 1.29 is 4.84 Å². The molecule has 0 heterocycles. The molecule has 2 rings (SSSR count). The minimum Gasteiger partial charge on any atom is -0.398 e. The normalized spacial score (nSPS) is 18.0. The summed E-state index contributed by atoms with van der Waals surface area (Å²) in [5.74, 6) is 0.698. The first-order valence-electron chi connectivity index (χ1n) is 5.39. The first kappa shape index (κ1) is 10.9. The molecule has 0 bridgehead atoms. The van der Waals surface area contributed by atoms with E-state index in [0.29, 0.717) is 5.84 Å². The second-order valence-corrected chi connectivity index (χ2v) is 4.15. The lowest BCUT2D eigenvalue weighted by molar-refractivity contribution is 0.211. The molecule has 0 aromatic heterocycles. The Morgan fingerprint density at radius 3 is 2.56 bits per heavy atom. The number of benzene rings is 1. The quantitative estimate of drug-likeness (QED) is 0.434. The van der Waals surface area contributed by atoms with Crippen molar-refractivity contribution in [3.05, 3.63) is 35.4 Å². The molecule has 16 heavy (non-hydrogen) atoms. The van der Waals surface area contributed by atoms with Crippen molar-refractivity contribution in [1.82, 2.24) is 0 Å². The van der Waals surface area contributed by atoms with Crippen LogP contribution in [0.1, 0.15) is 24.0 Å². The maximum Gasteiger partial charge on any atom is 0.177 e. The summed E-state index contributed by atoms with van der Waals surface area (Å²) in [5, 5.41) is 3.98. The summed E-state index contributed by atoms with van der Waals surface area (Å²) in [6, 6.07) is 8.35. The molecule has 1 aromatic rings. The molecule has 1 fully saturated rings. The lowest BCUT2D eigenvalue weighted by Gasteiger charge is -2.16. The van der Waals surface area contributed by atoms with Gasteiger partial charge in [0.2, 0.25) is 0 Å². The van der Waals surface area contributed by atoms with Gasteiger partial charge in [-0.05, 0) is 37.6 Å². The Morgan fingerprint density at radius 1 is 1.38 bits per heavy atom. The average Bonchev–Trinajstić information content (AvgIpc) is 3.08. The van der Waals surface area contributed by atoms with Gasteiger partial charge in [-0.3, -0.25) is 0 Å². The van der Waals surface area contributed by atoms with Crippen molar-refractivity contribution in [3.8, 4) is 0 Å². The molecule has 3 nitrogen and oxygen atoms in total. The van der Waals surface area contributed by atoms with Crippen LogP contribution >= 0.6 is 0 Å². The molecule has 0 atom stereocenters. The van der Waals surface area contributed by atoms with Gasteiger partial charge in [-0.25, -0.2) is 4.99 Å². The van der Waals surface area contributed by atoms with Crippen molar-refractivity contribution in [2.75, 3.05) is 7.11 Å². The van der Waals surface area contributed by atoms with E-state index < -0.39 is 0 Å². The second kappa shape index (κ2) is 4.08. The number of oxime groups is 1. The molecule has 0 amide bonds. The number of amidine groups is 1. The van der Waals surface area contributed by atoms with Crippen LogP contribution in [0.2, 0.25) is 0 Å². The topological polar surface area (TPSA) is 34.0 Å². The van der Waals surface area contributed by atoms with Crippen LogP contribution in [-0.2, 0) is 10.3 Å². The van der Waals surface area contributed by atoms with E-state index in [2.05, 4.69) is 42.0 Å². The maximum absolute atomic E-state index is 4.84. The predicted octanol–water partition coefficient (Wildman–Crippen LogP) is 2.69. The fourth-order valence-electron chi connectivity index (χ4n) is 2.20. The summed E-state index contributed by atoms with van der Waals surface area (Å²) in [6.45, 7) is 5.69. The van der Waals surface area contributed by atoms with E-state index in [0.717, 1.165) is 12.8 Å². The van der Waals surface area contributed by atoms with Crippen molar-refractivity contribution >= 4 is 12.6 Å². The molecule has 1 aliphatic carbocycles. The third-order valence-corrected chi connectivity index (χ3v) is 3.17. The Labute approximate surface area is 95.8 Å². The largest absolute Gasteiger partial charge is 0.398 e. The highest BCUT2D eigenvalue weighted by Crippen LogP contribution is 2.50. The van der Waals surface area contributed by atoms with Gasteiger partial charge in [0.15, 0.2) is 5.84 Å². The van der Waals surface area contributed by atoms with Gasteiger partial charge >= 0.3 is 0 Å². The molecule has 1 aromatic carbocycles. The number of rotatable bonds is 3. The van der Waals surface area contributed by atoms with Crippen LogP contribution in [0.4, 0.5) is 0 Å². The van der Waals surface area contributed by atoms with Gasteiger partial charge < -0.3 is 4.84 Å². The first-order chi connectivity index (χ1) is 7.74. The second-order valence-electron chi connectivity index (χ2n) is 4.15. The van der Waals surface area contributed by atoms with Gasteiger partial charge in [0, 0.05) is 0 Å². The Balaban J connectivity index is 2.44. The highest BCUT2D eigenvalue weighted by molar-refractivity contribution is 5.98. The molecular formula is C13H16N2O. The molecule has 0 N–H and O–H groups in total. The molecule has 1 saturated carbocycles. The van der Waals surface area contributed by atoms with Gasteiger partial charge in [-0.2, -0.15) is 0 Å². The molecule has 1 aliphatic rings. The summed E-state index contributed by atoms with van der Waals surface area (Å²) in [5.41, 5.74) is 2.51. The Kier molecular flexibility index (Phi) is 2.77. The Bertz CT molecular complexity index is 433. The minimum absolute atomic E-state index is 0.0525. The fraction of sp³-hybridized carbons (Fsp3) is 0.385. The van der Waals surface area contributed by atoms with E-state index in [1.165, 1.54) is 11.1 Å². The lowest BCUT2D eigenvalue weighted by Crippen LogP contribution is -2.20. The third kappa shape index (κ3) is 1.62. The third-order valence-electron chi connectivity index (χ3n) is 3.17. The summed E-state index contributed by atoms with van der Waals surface area (Å²) in [7, 11) is 1.54. The van der Waals surface area contributed by atoms with E-state index >= 15 is 0 Å². The van der Waals surface area contributed by atoms with Crippen LogP contribution in [0.25, 0.3) is 0 Å². The first-order valence-corrected chi connectivity index (χ1v) is 5.39.